The van der Waals surface area contributed by atoms with Crippen LogP contribution in [0.15, 0.2) is 67.1 Å². The van der Waals surface area contributed by atoms with E-state index in [9.17, 15) is 0 Å². The number of anilines is 1. The largest absolute Gasteiger partial charge is 0.482 e. The van der Waals surface area contributed by atoms with Crippen LogP contribution in [0, 0.1) is 0 Å². The summed E-state index contributed by atoms with van der Waals surface area (Å²) in [6, 6.07) is 16.4. The Balaban J connectivity index is 1.48. The van der Waals surface area contributed by atoms with E-state index in [2.05, 4.69) is 52.4 Å². The zero-order chi connectivity index (χ0) is 20.2. The predicted molar refractivity (Wildman–Crippen MR) is 115 cm³/mol. The number of fused-ring (bicyclic) bond motifs is 1. The van der Waals surface area contributed by atoms with Gasteiger partial charge in [0.05, 0.1) is 6.20 Å². The van der Waals surface area contributed by atoms with Crippen LogP contribution in [-0.2, 0) is 6.54 Å². The first-order valence-corrected chi connectivity index (χ1v) is 9.84. The second kappa shape index (κ2) is 8.31. The van der Waals surface area contributed by atoms with Crippen LogP contribution in [0.4, 0.5) is 5.82 Å². The molecule has 0 aliphatic rings. The molecule has 4 aromatic rings. The van der Waals surface area contributed by atoms with Crippen LogP contribution in [0.5, 0.6) is 5.75 Å². The van der Waals surface area contributed by atoms with Gasteiger partial charge in [0.1, 0.15) is 6.10 Å². The number of nitrogens with zero attached hydrogens (tertiary/aromatic N) is 4. The molecule has 6 heteroatoms. The maximum Gasteiger partial charge on any atom is 0.169 e. The van der Waals surface area contributed by atoms with Gasteiger partial charge in [-0.2, -0.15) is 5.10 Å². The van der Waals surface area contributed by atoms with E-state index in [0.717, 1.165) is 27.9 Å². The zero-order valence-corrected chi connectivity index (χ0v) is 16.9. The minimum atomic E-state index is -0.0687. The van der Waals surface area contributed by atoms with Crippen molar-refractivity contribution in [2.45, 2.75) is 39.5 Å². The van der Waals surface area contributed by atoms with Crippen molar-refractivity contribution < 1.29 is 4.74 Å². The van der Waals surface area contributed by atoms with Crippen LogP contribution in [0.25, 0.3) is 11.0 Å². The van der Waals surface area contributed by atoms with Crippen molar-refractivity contribution in [2.75, 3.05) is 5.32 Å². The van der Waals surface area contributed by atoms with E-state index in [1.54, 1.807) is 6.20 Å². The van der Waals surface area contributed by atoms with Crippen LogP contribution in [0.2, 0.25) is 0 Å². The molecule has 0 saturated heterocycles. The third-order valence-corrected chi connectivity index (χ3v) is 4.78. The molecule has 4 rings (SSSR count). The SMILES string of the molecule is CC(Oc1cccnc1NCc1cnc2c(cnn2C(C)C)c1)c1ccccc1. The predicted octanol–water partition coefficient (Wildman–Crippen LogP) is 5.16. The van der Waals surface area contributed by atoms with Crippen molar-refractivity contribution >= 4 is 16.9 Å². The van der Waals surface area contributed by atoms with Gasteiger partial charge >= 0.3 is 0 Å². The molecule has 0 fully saturated rings. The monoisotopic (exact) mass is 387 g/mol. The molecule has 6 nitrogen and oxygen atoms in total. The highest BCUT2D eigenvalue weighted by Crippen LogP contribution is 2.27. The summed E-state index contributed by atoms with van der Waals surface area (Å²) < 4.78 is 8.10. The summed E-state index contributed by atoms with van der Waals surface area (Å²) in [6.07, 6.45) is 5.44. The first kappa shape index (κ1) is 18.9. The molecule has 1 aromatic carbocycles. The Bertz CT molecular complexity index is 1090. The number of rotatable bonds is 7. The quantitative estimate of drug-likeness (QED) is 0.474. The second-order valence-electron chi connectivity index (χ2n) is 7.31. The van der Waals surface area contributed by atoms with Crippen molar-refractivity contribution in [1.29, 1.82) is 0 Å². The minimum Gasteiger partial charge on any atom is -0.482 e. The molecule has 3 heterocycles. The minimum absolute atomic E-state index is 0.0687. The number of hydrogen-bond donors (Lipinski definition) is 1. The first-order chi connectivity index (χ1) is 14.1. The van der Waals surface area contributed by atoms with E-state index in [-0.39, 0.29) is 12.1 Å². The maximum atomic E-state index is 6.17. The third kappa shape index (κ3) is 4.21. The molecule has 1 N–H and O–H groups in total. The Hall–Kier alpha value is -3.41. The standard InChI is InChI=1S/C23H25N5O/c1-16(2)28-23-20(15-27-28)12-18(14-26-23)13-25-22-21(10-7-11-24-22)29-17(3)19-8-5-4-6-9-19/h4-12,14-17H,13H2,1-3H3,(H,24,25). The van der Waals surface area contributed by atoms with Crippen molar-refractivity contribution in [3.63, 3.8) is 0 Å². The Kier molecular flexibility index (Phi) is 5.42. The van der Waals surface area contributed by atoms with Gasteiger partial charge in [0, 0.05) is 30.4 Å². The first-order valence-electron chi connectivity index (χ1n) is 9.84. The summed E-state index contributed by atoms with van der Waals surface area (Å²) in [5.41, 5.74) is 3.09. The molecule has 0 amide bonds. The lowest BCUT2D eigenvalue weighted by molar-refractivity contribution is 0.227. The van der Waals surface area contributed by atoms with Crippen LogP contribution < -0.4 is 10.1 Å². The lowest BCUT2D eigenvalue weighted by atomic mass is 10.1. The summed E-state index contributed by atoms with van der Waals surface area (Å²) >= 11 is 0. The van der Waals surface area contributed by atoms with Gasteiger partial charge in [-0.3, -0.25) is 0 Å². The fourth-order valence-corrected chi connectivity index (χ4v) is 3.25. The molecule has 1 atom stereocenters. The van der Waals surface area contributed by atoms with Gasteiger partial charge in [-0.05, 0) is 50.1 Å². The molecule has 148 valence electrons. The number of aromatic nitrogens is 4. The van der Waals surface area contributed by atoms with E-state index >= 15 is 0 Å². The van der Waals surface area contributed by atoms with Crippen molar-refractivity contribution in [2.24, 2.45) is 0 Å². The van der Waals surface area contributed by atoms with Crippen molar-refractivity contribution in [1.82, 2.24) is 19.7 Å². The number of hydrogen-bond acceptors (Lipinski definition) is 5. The second-order valence-corrected chi connectivity index (χ2v) is 7.31. The molecular formula is C23H25N5O. The van der Waals surface area contributed by atoms with Gasteiger partial charge in [0.2, 0.25) is 0 Å². The van der Waals surface area contributed by atoms with E-state index in [4.69, 9.17) is 4.74 Å². The van der Waals surface area contributed by atoms with Crippen LogP contribution in [0.3, 0.4) is 0 Å². The Morgan fingerprint density at radius 2 is 1.83 bits per heavy atom. The van der Waals surface area contributed by atoms with E-state index in [0.29, 0.717) is 12.4 Å². The molecule has 0 aliphatic heterocycles. The number of pyridine rings is 2. The topological polar surface area (TPSA) is 64.9 Å². The molecule has 29 heavy (non-hydrogen) atoms. The van der Waals surface area contributed by atoms with Crippen LogP contribution >= 0.6 is 0 Å². The summed E-state index contributed by atoms with van der Waals surface area (Å²) in [5.74, 6) is 1.44. The lowest BCUT2D eigenvalue weighted by Crippen LogP contribution is -2.08. The van der Waals surface area contributed by atoms with Gasteiger partial charge in [0.25, 0.3) is 0 Å². The maximum absolute atomic E-state index is 6.17. The number of benzene rings is 1. The average molecular weight is 387 g/mol. The van der Waals surface area contributed by atoms with Crippen LogP contribution in [-0.4, -0.2) is 19.7 Å². The van der Waals surface area contributed by atoms with Gasteiger partial charge in [-0.15, -0.1) is 0 Å². The summed E-state index contributed by atoms with van der Waals surface area (Å²) in [6.45, 7) is 6.84. The zero-order valence-electron chi connectivity index (χ0n) is 16.9. The molecule has 0 aliphatic carbocycles. The highest BCUT2D eigenvalue weighted by molar-refractivity contribution is 5.75. The molecule has 1 unspecified atom stereocenters. The summed E-state index contributed by atoms with van der Waals surface area (Å²) in [7, 11) is 0. The van der Waals surface area contributed by atoms with E-state index in [1.165, 1.54) is 0 Å². The Labute approximate surface area is 170 Å². The van der Waals surface area contributed by atoms with Gasteiger partial charge in [0.15, 0.2) is 17.2 Å². The third-order valence-electron chi connectivity index (χ3n) is 4.78. The molecule has 0 bridgehead atoms. The van der Waals surface area contributed by atoms with Crippen molar-refractivity contribution in [3.8, 4) is 5.75 Å². The molecule has 0 radical (unpaired) electrons. The molecule has 0 spiro atoms. The van der Waals surface area contributed by atoms with E-state index < -0.39 is 0 Å². The highest BCUT2D eigenvalue weighted by Gasteiger charge is 2.12. The fraction of sp³-hybridized carbons (Fsp3) is 0.261. The lowest BCUT2D eigenvalue weighted by Gasteiger charge is -2.17. The summed E-state index contributed by atoms with van der Waals surface area (Å²) in [4.78, 5) is 9.05. The number of ether oxygens (including phenoxy) is 1. The summed E-state index contributed by atoms with van der Waals surface area (Å²) in [5, 5.41) is 8.84. The molecule has 3 aromatic heterocycles. The van der Waals surface area contributed by atoms with Gasteiger partial charge in [-0.25, -0.2) is 14.6 Å². The highest BCUT2D eigenvalue weighted by atomic mass is 16.5. The van der Waals surface area contributed by atoms with Gasteiger partial charge < -0.3 is 10.1 Å². The Morgan fingerprint density at radius 1 is 1.00 bits per heavy atom. The fourth-order valence-electron chi connectivity index (χ4n) is 3.25. The smallest absolute Gasteiger partial charge is 0.169 e. The van der Waals surface area contributed by atoms with Crippen molar-refractivity contribution in [3.05, 3.63) is 78.2 Å². The normalized spacial score (nSPS) is 12.3. The molecular weight excluding hydrogens is 362 g/mol. The van der Waals surface area contributed by atoms with Gasteiger partial charge in [-0.1, -0.05) is 30.3 Å². The van der Waals surface area contributed by atoms with Crippen LogP contribution in [0.1, 0.15) is 44.0 Å². The Morgan fingerprint density at radius 3 is 2.62 bits per heavy atom. The van der Waals surface area contributed by atoms with E-state index in [1.807, 2.05) is 54.3 Å². The average Bonchev–Trinajstić information content (AvgIpc) is 3.17. The molecule has 0 saturated carbocycles. The number of nitrogens with one attached hydrogen (secondary N) is 1.